The molecule has 1 aromatic heterocycles. The molecule has 1 heterocycles. The van der Waals surface area contributed by atoms with Crippen molar-refractivity contribution in [3.05, 3.63) is 169 Å². The summed E-state index contributed by atoms with van der Waals surface area (Å²) in [5, 5.41) is 7.82. The first-order valence-corrected chi connectivity index (χ1v) is 17.0. The summed E-state index contributed by atoms with van der Waals surface area (Å²) >= 11 is 0. The molecule has 0 spiro atoms. The Hall–Kier alpha value is -6.12. The summed E-state index contributed by atoms with van der Waals surface area (Å²) in [6.45, 7) is 4.65. The Bertz CT molecular complexity index is 2710. The summed E-state index contributed by atoms with van der Waals surface area (Å²) in [5.41, 5.74) is 12.7. The van der Waals surface area contributed by atoms with Gasteiger partial charge in [-0.3, -0.25) is 0 Å². The highest BCUT2D eigenvalue weighted by molar-refractivity contribution is 6.25. The fraction of sp³-hybridized carbons (Fsp3) is 0.0638. The van der Waals surface area contributed by atoms with E-state index in [0.717, 1.165) is 33.9 Å². The topological polar surface area (TPSA) is 25.8 Å². The number of benzene rings is 8. The van der Waals surface area contributed by atoms with Crippen LogP contribution in [0.4, 0.5) is 0 Å². The highest BCUT2D eigenvalue weighted by Crippen LogP contribution is 2.49. The van der Waals surface area contributed by atoms with E-state index >= 15 is 0 Å². The second-order valence-corrected chi connectivity index (χ2v) is 13.8. The lowest BCUT2D eigenvalue weighted by Crippen LogP contribution is -2.14. The van der Waals surface area contributed by atoms with Crippen molar-refractivity contribution in [2.24, 2.45) is 0 Å². The van der Waals surface area contributed by atoms with Crippen LogP contribution in [0.1, 0.15) is 25.0 Å². The zero-order valence-corrected chi connectivity index (χ0v) is 27.4. The van der Waals surface area contributed by atoms with Gasteiger partial charge in [-0.1, -0.05) is 159 Å². The van der Waals surface area contributed by atoms with E-state index in [9.17, 15) is 0 Å². The van der Waals surface area contributed by atoms with Gasteiger partial charge in [0.1, 0.15) is 0 Å². The molecule has 0 saturated heterocycles. The average Bonchev–Trinajstić information content (AvgIpc) is 3.39. The van der Waals surface area contributed by atoms with E-state index < -0.39 is 0 Å². The molecule has 0 atom stereocenters. The molecule has 10 rings (SSSR count). The van der Waals surface area contributed by atoms with Crippen molar-refractivity contribution in [2.75, 3.05) is 0 Å². The van der Waals surface area contributed by atoms with Crippen LogP contribution in [0.15, 0.2) is 158 Å². The van der Waals surface area contributed by atoms with E-state index in [2.05, 4.69) is 153 Å². The van der Waals surface area contributed by atoms with Gasteiger partial charge in [0.25, 0.3) is 0 Å². The molecule has 0 aliphatic heterocycles. The van der Waals surface area contributed by atoms with Gasteiger partial charge in [0.15, 0.2) is 5.82 Å². The Morgan fingerprint density at radius 3 is 1.78 bits per heavy atom. The Morgan fingerprint density at radius 2 is 0.980 bits per heavy atom. The van der Waals surface area contributed by atoms with E-state index in [0.29, 0.717) is 0 Å². The van der Waals surface area contributed by atoms with Crippen molar-refractivity contribution >= 4 is 32.3 Å². The third-order valence-corrected chi connectivity index (χ3v) is 10.7. The molecule has 0 radical (unpaired) electrons. The molecule has 0 N–H and O–H groups in total. The molecule has 230 valence electrons. The first-order chi connectivity index (χ1) is 24.0. The van der Waals surface area contributed by atoms with Crippen LogP contribution >= 0.6 is 0 Å². The summed E-state index contributed by atoms with van der Waals surface area (Å²) < 4.78 is 0. The molecule has 2 nitrogen and oxygen atoms in total. The molecule has 0 unspecified atom stereocenters. The smallest absolute Gasteiger partial charge is 0.160 e. The average molecular weight is 625 g/mol. The molecule has 9 aromatic rings. The van der Waals surface area contributed by atoms with Gasteiger partial charge in [0, 0.05) is 22.1 Å². The second-order valence-electron chi connectivity index (χ2n) is 13.8. The zero-order chi connectivity index (χ0) is 32.7. The van der Waals surface area contributed by atoms with E-state index in [1.807, 2.05) is 18.2 Å². The van der Waals surface area contributed by atoms with Crippen LogP contribution in [0.25, 0.3) is 88.5 Å². The minimum absolute atomic E-state index is 0.0823. The van der Waals surface area contributed by atoms with Crippen LogP contribution in [-0.2, 0) is 5.41 Å². The van der Waals surface area contributed by atoms with E-state index in [1.165, 1.54) is 65.7 Å². The van der Waals surface area contributed by atoms with Crippen LogP contribution in [0.3, 0.4) is 0 Å². The molecule has 49 heavy (non-hydrogen) atoms. The maximum absolute atomic E-state index is 5.15. The maximum Gasteiger partial charge on any atom is 0.160 e. The minimum atomic E-state index is -0.0823. The lowest BCUT2D eigenvalue weighted by molar-refractivity contribution is 0.660. The molecule has 8 aromatic carbocycles. The lowest BCUT2D eigenvalue weighted by Gasteiger charge is -2.22. The highest BCUT2D eigenvalue weighted by Gasteiger charge is 2.35. The first-order valence-electron chi connectivity index (χ1n) is 17.0. The van der Waals surface area contributed by atoms with Gasteiger partial charge in [-0.2, -0.15) is 0 Å². The predicted molar refractivity (Wildman–Crippen MR) is 205 cm³/mol. The number of fused-ring (bicyclic) bond motifs is 3. The number of aromatic nitrogens is 2. The Labute approximate surface area is 285 Å². The van der Waals surface area contributed by atoms with Crippen molar-refractivity contribution in [3.63, 3.8) is 0 Å². The molecular formula is C47H32N2. The third kappa shape index (κ3) is 4.27. The van der Waals surface area contributed by atoms with Crippen molar-refractivity contribution < 1.29 is 0 Å². The van der Waals surface area contributed by atoms with Gasteiger partial charge in [0.2, 0.25) is 0 Å². The largest absolute Gasteiger partial charge is 0.228 e. The molecule has 0 saturated carbocycles. The van der Waals surface area contributed by atoms with Crippen molar-refractivity contribution in [3.8, 4) is 56.2 Å². The molecule has 1 aliphatic rings. The minimum Gasteiger partial charge on any atom is -0.228 e. The van der Waals surface area contributed by atoms with Gasteiger partial charge in [-0.15, -0.1) is 0 Å². The molecular weight excluding hydrogens is 593 g/mol. The molecule has 0 amide bonds. The number of rotatable bonds is 4. The standard InChI is InChI=1S/C47H32N2/c1-47(2)40-14-7-6-13-37(40)38-25-23-35(27-41(38)47)43-28-42(48-46(49-43)34-9-4-3-5-10-34)30-17-15-29(16-18-30)36-24-21-33-20-19-31-11-8-12-32-22-26-39(36)45(33)44(31)32/h3-28H,1-2H3. The Kier molecular flexibility index (Phi) is 5.95. The van der Waals surface area contributed by atoms with Crippen molar-refractivity contribution in [1.82, 2.24) is 9.97 Å². The van der Waals surface area contributed by atoms with Crippen LogP contribution in [0, 0.1) is 0 Å². The van der Waals surface area contributed by atoms with Gasteiger partial charge in [-0.05, 0) is 77.8 Å². The molecule has 1 aliphatic carbocycles. The van der Waals surface area contributed by atoms with Crippen LogP contribution < -0.4 is 0 Å². The highest BCUT2D eigenvalue weighted by atomic mass is 14.9. The van der Waals surface area contributed by atoms with Crippen molar-refractivity contribution in [2.45, 2.75) is 19.3 Å². The van der Waals surface area contributed by atoms with Crippen LogP contribution in [0.5, 0.6) is 0 Å². The summed E-state index contributed by atoms with van der Waals surface area (Å²) in [6, 6.07) is 57.1. The summed E-state index contributed by atoms with van der Waals surface area (Å²) in [6.07, 6.45) is 0. The van der Waals surface area contributed by atoms with Crippen molar-refractivity contribution in [1.29, 1.82) is 0 Å². The summed E-state index contributed by atoms with van der Waals surface area (Å²) in [5.74, 6) is 0.729. The van der Waals surface area contributed by atoms with Gasteiger partial charge < -0.3 is 0 Å². The van der Waals surface area contributed by atoms with Gasteiger partial charge in [0.05, 0.1) is 11.4 Å². The quantitative estimate of drug-likeness (QED) is 0.182. The van der Waals surface area contributed by atoms with E-state index in [4.69, 9.17) is 9.97 Å². The number of hydrogen-bond acceptors (Lipinski definition) is 2. The molecule has 0 bridgehead atoms. The van der Waals surface area contributed by atoms with Gasteiger partial charge in [-0.25, -0.2) is 9.97 Å². The van der Waals surface area contributed by atoms with Crippen LogP contribution in [0.2, 0.25) is 0 Å². The van der Waals surface area contributed by atoms with E-state index in [-0.39, 0.29) is 5.41 Å². The zero-order valence-electron chi connectivity index (χ0n) is 27.4. The van der Waals surface area contributed by atoms with E-state index in [1.54, 1.807) is 0 Å². The van der Waals surface area contributed by atoms with Crippen LogP contribution in [-0.4, -0.2) is 9.97 Å². The Morgan fingerprint density at radius 1 is 0.388 bits per heavy atom. The number of hydrogen-bond donors (Lipinski definition) is 0. The normalized spacial score (nSPS) is 13.3. The molecule has 2 heteroatoms. The number of nitrogens with zero attached hydrogens (tertiary/aromatic N) is 2. The maximum atomic E-state index is 5.15. The summed E-state index contributed by atoms with van der Waals surface area (Å²) in [4.78, 5) is 10.3. The Balaban J connectivity index is 1.09. The van der Waals surface area contributed by atoms with Gasteiger partial charge >= 0.3 is 0 Å². The first kappa shape index (κ1) is 27.9. The second kappa shape index (κ2) is 10.4. The SMILES string of the molecule is CC1(C)c2ccccc2-c2ccc(-c3cc(-c4ccc(-c5ccc6ccc7cccc8ccc5c6c78)cc4)nc(-c4ccccc4)n3)cc21. The predicted octanol–water partition coefficient (Wildman–Crippen LogP) is 12.3. The fourth-order valence-corrected chi connectivity index (χ4v) is 8.13. The monoisotopic (exact) mass is 624 g/mol. The lowest BCUT2D eigenvalue weighted by atomic mass is 9.82. The molecule has 0 fully saturated rings. The fourth-order valence-electron chi connectivity index (χ4n) is 8.13. The summed E-state index contributed by atoms with van der Waals surface area (Å²) in [7, 11) is 0. The third-order valence-electron chi connectivity index (χ3n) is 10.7.